The first-order valence-corrected chi connectivity index (χ1v) is 9.90. The van der Waals surface area contributed by atoms with Gasteiger partial charge in [0.25, 0.3) is 0 Å². The SMILES string of the molecule is CS(=O)(=O)c1c(F)cc(-c2cnccc2C2CCCCC2)cc1F. The van der Waals surface area contributed by atoms with Crippen molar-refractivity contribution in [2.45, 2.75) is 42.9 Å². The topological polar surface area (TPSA) is 47.0 Å². The lowest BCUT2D eigenvalue weighted by Gasteiger charge is -2.24. The second kappa shape index (κ2) is 6.59. The minimum Gasteiger partial charge on any atom is -0.264 e. The first-order chi connectivity index (χ1) is 11.4. The van der Waals surface area contributed by atoms with Crippen LogP contribution >= 0.6 is 0 Å². The van der Waals surface area contributed by atoms with Crippen LogP contribution < -0.4 is 0 Å². The van der Waals surface area contributed by atoms with Crippen molar-refractivity contribution in [3.05, 3.63) is 47.8 Å². The van der Waals surface area contributed by atoms with Crippen molar-refractivity contribution in [2.75, 3.05) is 6.26 Å². The van der Waals surface area contributed by atoms with Crippen LogP contribution in [0.15, 0.2) is 35.5 Å². The molecule has 0 bridgehead atoms. The molecule has 0 saturated heterocycles. The standard InChI is InChI=1S/C18H19F2NO2S/c1-24(22,23)18-16(19)9-13(10-17(18)20)15-11-21-8-7-14(15)12-5-3-2-4-6-12/h7-12H,2-6H2,1H3. The van der Waals surface area contributed by atoms with Gasteiger partial charge in [-0.25, -0.2) is 17.2 Å². The van der Waals surface area contributed by atoms with Gasteiger partial charge in [-0.3, -0.25) is 4.98 Å². The number of sulfone groups is 1. The first kappa shape index (κ1) is 17.0. The minimum absolute atomic E-state index is 0.325. The summed E-state index contributed by atoms with van der Waals surface area (Å²) in [5.74, 6) is -1.78. The fourth-order valence-corrected chi connectivity index (χ4v) is 4.31. The Hall–Kier alpha value is -1.82. The average Bonchev–Trinajstić information content (AvgIpc) is 2.53. The number of pyridine rings is 1. The third-order valence-electron chi connectivity index (χ3n) is 4.58. The number of nitrogens with zero attached hydrogens (tertiary/aromatic N) is 1. The fourth-order valence-electron chi connectivity index (χ4n) is 3.49. The molecule has 1 fully saturated rings. The van der Waals surface area contributed by atoms with Crippen molar-refractivity contribution in [2.24, 2.45) is 0 Å². The van der Waals surface area contributed by atoms with Gasteiger partial charge in [-0.2, -0.15) is 0 Å². The van der Waals surface area contributed by atoms with E-state index in [1.165, 1.54) is 6.42 Å². The summed E-state index contributed by atoms with van der Waals surface area (Å²) in [6.07, 6.45) is 9.66. The molecule has 1 aromatic carbocycles. The summed E-state index contributed by atoms with van der Waals surface area (Å²) in [4.78, 5) is 3.20. The minimum atomic E-state index is -3.96. The molecule has 0 atom stereocenters. The largest absolute Gasteiger partial charge is 0.264 e. The lowest BCUT2D eigenvalue weighted by Crippen LogP contribution is -2.08. The van der Waals surface area contributed by atoms with Gasteiger partial charge in [0.2, 0.25) is 0 Å². The second-order valence-corrected chi connectivity index (χ2v) is 8.29. The van der Waals surface area contributed by atoms with E-state index in [0.29, 0.717) is 17.0 Å². The average molecular weight is 351 g/mol. The Balaban J connectivity index is 2.10. The molecule has 2 aromatic rings. The zero-order chi connectivity index (χ0) is 17.3. The Morgan fingerprint density at radius 2 is 1.71 bits per heavy atom. The molecule has 0 unspecified atom stereocenters. The van der Waals surface area contributed by atoms with Crippen molar-refractivity contribution in [1.29, 1.82) is 0 Å². The van der Waals surface area contributed by atoms with Crippen LogP contribution in [-0.4, -0.2) is 19.7 Å². The van der Waals surface area contributed by atoms with Crippen LogP contribution in [0, 0.1) is 11.6 Å². The van der Waals surface area contributed by atoms with Crippen molar-refractivity contribution >= 4 is 9.84 Å². The van der Waals surface area contributed by atoms with E-state index in [2.05, 4.69) is 4.98 Å². The lowest BCUT2D eigenvalue weighted by atomic mass is 9.81. The van der Waals surface area contributed by atoms with E-state index in [0.717, 1.165) is 49.6 Å². The predicted molar refractivity (Wildman–Crippen MR) is 88.5 cm³/mol. The first-order valence-electron chi connectivity index (χ1n) is 8.01. The fraction of sp³-hybridized carbons (Fsp3) is 0.389. The maximum atomic E-state index is 14.2. The quantitative estimate of drug-likeness (QED) is 0.819. The molecule has 0 amide bonds. The second-order valence-electron chi connectivity index (χ2n) is 6.34. The molecular formula is C18H19F2NO2S. The van der Waals surface area contributed by atoms with Gasteiger partial charge < -0.3 is 0 Å². The lowest BCUT2D eigenvalue weighted by molar-refractivity contribution is 0.444. The van der Waals surface area contributed by atoms with Crippen LogP contribution in [0.5, 0.6) is 0 Å². The van der Waals surface area contributed by atoms with Crippen LogP contribution in [-0.2, 0) is 9.84 Å². The van der Waals surface area contributed by atoms with Crippen LogP contribution in [0.25, 0.3) is 11.1 Å². The zero-order valence-electron chi connectivity index (χ0n) is 13.4. The molecule has 3 nitrogen and oxygen atoms in total. The van der Waals surface area contributed by atoms with E-state index in [4.69, 9.17) is 0 Å². The third-order valence-corrected chi connectivity index (χ3v) is 5.71. The van der Waals surface area contributed by atoms with Crippen LogP contribution in [0.3, 0.4) is 0 Å². The van der Waals surface area contributed by atoms with Crippen LogP contribution in [0.2, 0.25) is 0 Å². The number of benzene rings is 1. The van der Waals surface area contributed by atoms with Gasteiger partial charge in [0.15, 0.2) is 9.84 Å². The molecule has 1 heterocycles. The smallest absolute Gasteiger partial charge is 0.181 e. The number of halogens is 2. The Kier molecular flexibility index (Phi) is 4.67. The number of hydrogen-bond acceptors (Lipinski definition) is 3. The highest BCUT2D eigenvalue weighted by molar-refractivity contribution is 7.90. The van der Waals surface area contributed by atoms with Gasteiger partial charge in [0, 0.05) is 24.2 Å². The Bertz CT molecular complexity index is 836. The summed E-state index contributed by atoms with van der Waals surface area (Å²) >= 11 is 0. The molecule has 1 saturated carbocycles. The number of hydrogen-bond donors (Lipinski definition) is 0. The maximum absolute atomic E-state index is 14.2. The molecular weight excluding hydrogens is 332 g/mol. The summed E-state index contributed by atoms with van der Waals surface area (Å²) in [5.41, 5.74) is 2.02. The van der Waals surface area contributed by atoms with Crippen LogP contribution in [0.1, 0.15) is 43.6 Å². The molecule has 24 heavy (non-hydrogen) atoms. The number of aromatic nitrogens is 1. The van der Waals surface area contributed by atoms with E-state index >= 15 is 0 Å². The predicted octanol–water partition coefficient (Wildman–Crippen LogP) is 4.48. The summed E-state index contributed by atoms with van der Waals surface area (Å²) in [7, 11) is -3.96. The Morgan fingerprint density at radius 3 is 2.29 bits per heavy atom. The van der Waals surface area contributed by atoms with E-state index < -0.39 is 26.4 Å². The van der Waals surface area contributed by atoms with E-state index in [-0.39, 0.29) is 0 Å². The van der Waals surface area contributed by atoms with E-state index in [1.54, 1.807) is 12.4 Å². The molecule has 6 heteroatoms. The zero-order valence-corrected chi connectivity index (χ0v) is 14.2. The van der Waals surface area contributed by atoms with Gasteiger partial charge >= 0.3 is 0 Å². The van der Waals surface area contributed by atoms with Gasteiger partial charge in [0.1, 0.15) is 16.5 Å². The molecule has 0 aliphatic heterocycles. The third kappa shape index (κ3) is 3.34. The molecule has 128 valence electrons. The van der Waals surface area contributed by atoms with Gasteiger partial charge in [-0.15, -0.1) is 0 Å². The Labute approximate surface area is 140 Å². The van der Waals surface area contributed by atoms with Gasteiger partial charge in [-0.1, -0.05) is 19.3 Å². The molecule has 3 rings (SSSR count). The highest BCUT2D eigenvalue weighted by Gasteiger charge is 2.23. The summed E-state index contributed by atoms with van der Waals surface area (Å²) in [6.45, 7) is 0. The number of rotatable bonds is 3. The summed E-state index contributed by atoms with van der Waals surface area (Å²) < 4.78 is 51.5. The molecule has 1 aromatic heterocycles. The van der Waals surface area contributed by atoms with Crippen molar-refractivity contribution in [3.8, 4) is 11.1 Å². The monoisotopic (exact) mass is 351 g/mol. The molecule has 0 N–H and O–H groups in total. The normalized spacial score (nSPS) is 16.3. The van der Waals surface area contributed by atoms with Gasteiger partial charge in [-0.05, 0) is 48.1 Å². The Morgan fingerprint density at radius 1 is 1.08 bits per heavy atom. The molecule has 1 aliphatic carbocycles. The summed E-state index contributed by atoms with van der Waals surface area (Å²) in [6, 6.07) is 4.07. The van der Waals surface area contributed by atoms with Gasteiger partial charge in [0.05, 0.1) is 0 Å². The van der Waals surface area contributed by atoms with Crippen LogP contribution in [0.4, 0.5) is 8.78 Å². The van der Waals surface area contributed by atoms with Crippen molar-refractivity contribution < 1.29 is 17.2 Å². The highest BCUT2D eigenvalue weighted by Crippen LogP contribution is 2.38. The molecule has 0 radical (unpaired) electrons. The van der Waals surface area contributed by atoms with Crippen molar-refractivity contribution in [3.63, 3.8) is 0 Å². The van der Waals surface area contributed by atoms with Crippen molar-refractivity contribution in [1.82, 2.24) is 4.98 Å². The highest BCUT2D eigenvalue weighted by atomic mass is 32.2. The summed E-state index contributed by atoms with van der Waals surface area (Å²) in [5, 5.41) is 0. The van der Waals surface area contributed by atoms with E-state index in [9.17, 15) is 17.2 Å². The molecule has 0 spiro atoms. The maximum Gasteiger partial charge on any atom is 0.181 e. The van der Waals surface area contributed by atoms with E-state index in [1.807, 2.05) is 6.07 Å². The molecule has 1 aliphatic rings.